The van der Waals surface area contributed by atoms with Gasteiger partial charge in [0.25, 0.3) is 5.91 Å². The summed E-state index contributed by atoms with van der Waals surface area (Å²) in [6, 6.07) is 7.43. The molecule has 1 aromatic carbocycles. The fraction of sp³-hybridized carbons (Fsp3) is 0.500. The van der Waals surface area contributed by atoms with Crippen LogP contribution in [0.15, 0.2) is 24.3 Å². The summed E-state index contributed by atoms with van der Waals surface area (Å²) in [5, 5.41) is 11.7. The van der Waals surface area contributed by atoms with Crippen LogP contribution in [0.3, 0.4) is 0 Å². The molecule has 4 nitrogen and oxygen atoms in total. The largest absolute Gasteiger partial charge is 0.481 e. The summed E-state index contributed by atoms with van der Waals surface area (Å²) >= 11 is 2.20. The first-order valence-corrected chi connectivity index (χ1v) is 8.36. The molecule has 1 unspecified atom stereocenters. The zero-order chi connectivity index (χ0) is 15.7. The Balaban J connectivity index is 2.36. The van der Waals surface area contributed by atoms with Crippen molar-refractivity contribution in [1.82, 2.24) is 5.32 Å². The molecule has 116 valence electrons. The lowest BCUT2D eigenvalue weighted by atomic mass is 9.94. The molecule has 21 heavy (non-hydrogen) atoms. The van der Waals surface area contributed by atoms with E-state index in [9.17, 15) is 9.59 Å². The van der Waals surface area contributed by atoms with Crippen molar-refractivity contribution in [2.75, 3.05) is 6.54 Å². The predicted octanol–water partition coefficient (Wildman–Crippen LogP) is 3.69. The molecular formula is C16H22INO3. The number of nitrogens with one attached hydrogen (secondary N) is 1. The second-order valence-corrected chi connectivity index (χ2v) is 6.38. The second-order valence-electron chi connectivity index (χ2n) is 5.14. The quantitative estimate of drug-likeness (QED) is 0.618. The molecule has 0 spiro atoms. The van der Waals surface area contributed by atoms with Crippen molar-refractivity contribution in [3.8, 4) is 0 Å². The lowest BCUT2D eigenvalue weighted by Crippen LogP contribution is -2.26. The van der Waals surface area contributed by atoms with Gasteiger partial charge in [0.2, 0.25) is 0 Å². The minimum Gasteiger partial charge on any atom is -0.481 e. The monoisotopic (exact) mass is 403 g/mol. The van der Waals surface area contributed by atoms with E-state index in [4.69, 9.17) is 5.11 Å². The lowest BCUT2D eigenvalue weighted by molar-refractivity contribution is -0.137. The second kappa shape index (κ2) is 9.76. The molecule has 0 aliphatic rings. The minimum atomic E-state index is -0.751. The molecule has 0 saturated heterocycles. The lowest BCUT2D eigenvalue weighted by Gasteiger charge is -2.15. The normalized spacial score (nSPS) is 11.9. The number of carbonyl (C=O) groups is 2. The van der Waals surface area contributed by atoms with E-state index in [0.29, 0.717) is 24.4 Å². The zero-order valence-corrected chi connectivity index (χ0v) is 14.4. The maximum atomic E-state index is 12.0. The number of aliphatic carboxylic acids is 1. The molecule has 0 aliphatic heterocycles. The summed E-state index contributed by atoms with van der Waals surface area (Å²) in [6.07, 6.45) is 3.76. The topological polar surface area (TPSA) is 66.4 Å². The smallest absolute Gasteiger partial charge is 0.303 e. The van der Waals surface area contributed by atoms with Crippen molar-refractivity contribution in [1.29, 1.82) is 0 Å². The van der Waals surface area contributed by atoms with Crippen molar-refractivity contribution in [2.45, 2.75) is 39.0 Å². The Hall–Kier alpha value is -1.11. The average Bonchev–Trinajstić information content (AvgIpc) is 2.45. The standard InChI is InChI=1S/C16H22INO3/c1-2-3-12(4-9-15(19)20)10-11-18-16(21)13-5-7-14(17)8-6-13/h5-8,12H,2-4,9-11H2,1H3,(H,18,21)(H,19,20). The van der Waals surface area contributed by atoms with Crippen molar-refractivity contribution in [3.63, 3.8) is 0 Å². The van der Waals surface area contributed by atoms with E-state index in [1.54, 1.807) is 0 Å². The first kappa shape index (κ1) is 17.9. The third-order valence-corrected chi connectivity index (χ3v) is 4.13. The van der Waals surface area contributed by atoms with Crippen LogP contribution >= 0.6 is 22.6 Å². The van der Waals surface area contributed by atoms with Gasteiger partial charge in [0, 0.05) is 22.1 Å². The number of carboxylic acid groups (broad SMARTS) is 1. The Labute approximate surface area is 139 Å². The molecule has 1 atom stereocenters. The summed E-state index contributed by atoms with van der Waals surface area (Å²) < 4.78 is 1.10. The third kappa shape index (κ3) is 7.45. The van der Waals surface area contributed by atoms with Crippen molar-refractivity contribution >= 4 is 34.5 Å². The van der Waals surface area contributed by atoms with Crippen molar-refractivity contribution in [2.24, 2.45) is 5.92 Å². The first-order chi connectivity index (χ1) is 10.0. The number of halogens is 1. The highest BCUT2D eigenvalue weighted by atomic mass is 127. The molecule has 1 amide bonds. The number of carbonyl (C=O) groups excluding carboxylic acids is 1. The fourth-order valence-electron chi connectivity index (χ4n) is 2.26. The van der Waals surface area contributed by atoms with E-state index in [0.717, 1.165) is 22.8 Å². The number of hydrogen-bond acceptors (Lipinski definition) is 2. The molecule has 0 saturated carbocycles. The van der Waals surface area contributed by atoms with Crippen molar-refractivity contribution < 1.29 is 14.7 Å². The van der Waals surface area contributed by atoms with Gasteiger partial charge in [-0.1, -0.05) is 19.8 Å². The van der Waals surface area contributed by atoms with Gasteiger partial charge in [-0.3, -0.25) is 9.59 Å². The summed E-state index contributed by atoms with van der Waals surface area (Å²) in [5.74, 6) is -0.456. The first-order valence-electron chi connectivity index (χ1n) is 7.28. The van der Waals surface area contributed by atoms with E-state index >= 15 is 0 Å². The molecule has 0 heterocycles. The summed E-state index contributed by atoms with van der Waals surface area (Å²) in [7, 11) is 0. The van der Waals surface area contributed by atoms with E-state index in [1.807, 2.05) is 24.3 Å². The molecule has 1 aromatic rings. The van der Waals surface area contributed by atoms with Crippen LogP contribution in [0.1, 0.15) is 49.4 Å². The summed E-state index contributed by atoms with van der Waals surface area (Å²) in [4.78, 5) is 22.6. The highest BCUT2D eigenvalue weighted by molar-refractivity contribution is 14.1. The van der Waals surface area contributed by atoms with Crippen LogP contribution < -0.4 is 5.32 Å². The maximum Gasteiger partial charge on any atom is 0.303 e. The number of amides is 1. The van der Waals surface area contributed by atoms with E-state index in [2.05, 4.69) is 34.8 Å². The molecule has 5 heteroatoms. The molecule has 2 N–H and O–H groups in total. The Bertz CT molecular complexity index is 459. The Morgan fingerprint density at radius 2 is 1.86 bits per heavy atom. The van der Waals surface area contributed by atoms with Gasteiger partial charge < -0.3 is 10.4 Å². The van der Waals surface area contributed by atoms with Crippen LogP contribution in [0, 0.1) is 9.49 Å². The van der Waals surface area contributed by atoms with Gasteiger partial charge in [0.05, 0.1) is 0 Å². The molecule has 0 aliphatic carbocycles. The van der Waals surface area contributed by atoms with E-state index in [1.165, 1.54) is 0 Å². The van der Waals surface area contributed by atoms with Crippen LogP contribution in [0.5, 0.6) is 0 Å². The number of benzene rings is 1. The third-order valence-electron chi connectivity index (χ3n) is 3.41. The van der Waals surface area contributed by atoms with Gasteiger partial charge >= 0.3 is 5.97 Å². The molecule has 1 rings (SSSR count). The van der Waals surface area contributed by atoms with Crippen LogP contribution in [0.4, 0.5) is 0 Å². The van der Waals surface area contributed by atoms with Gasteiger partial charge in [-0.2, -0.15) is 0 Å². The molecule has 0 aromatic heterocycles. The van der Waals surface area contributed by atoms with Gasteiger partial charge in [0.15, 0.2) is 0 Å². The summed E-state index contributed by atoms with van der Waals surface area (Å²) in [5.41, 5.74) is 0.660. The van der Waals surface area contributed by atoms with E-state index < -0.39 is 5.97 Å². The SMILES string of the molecule is CCCC(CCNC(=O)c1ccc(I)cc1)CCC(=O)O. The Morgan fingerprint density at radius 3 is 2.43 bits per heavy atom. The maximum absolute atomic E-state index is 12.0. The fourth-order valence-corrected chi connectivity index (χ4v) is 2.62. The molecule has 0 fully saturated rings. The van der Waals surface area contributed by atoms with Crippen molar-refractivity contribution in [3.05, 3.63) is 33.4 Å². The van der Waals surface area contributed by atoms with Crippen LogP contribution in [0.2, 0.25) is 0 Å². The van der Waals surface area contributed by atoms with Crippen LogP contribution in [0.25, 0.3) is 0 Å². The van der Waals surface area contributed by atoms with Gasteiger partial charge in [-0.05, 0) is 65.6 Å². The minimum absolute atomic E-state index is 0.0696. The number of carboxylic acids is 1. The van der Waals surface area contributed by atoms with E-state index in [-0.39, 0.29) is 12.3 Å². The van der Waals surface area contributed by atoms with Gasteiger partial charge in [-0.25, -0.2) is 0 Å². The molecule has 0 radical (unpaired) electrons. The summed E-state index contributed by atoms with van der Waals surface area (Å²) in [6.45, 7) is 2.69. The Morgan fingerprint density at radius 1 is 1.19 bits per heavy atom. The Kier molecular flexibility index (Phi) is 8.34. The van der Waals surface area contributed by atoms with Crippen LogP contribution in [-0.2, 0) is 4.79 Å². The average molecular weight is 403 g/mol. The molecule has 0 bridgehead atoms. The highest BCUT2D eigenvalue weighted by Gasteiger charge is 2.11. The van der Waals surface area contributed by atoms with Gasteiger partial charge in [0.1, 0.15) is 0 Å². The number of rotatable bonds is 9. The highest BCUT2D eigenvalue weighted by Crippen LogP contribution is 2.17. The number of hydrogen-bond donors (Lipinski definition) is 2. The van der Waals surface area contributed by atoms with Crippen LogP contribution in [-0.4, -0.2) is 23.5 Å². The zero-order valence-electron chi connectivity index (χ0n) is 12.3. The van der Waals surface area contributed by atoms with Gasteiger partial charge in [-0.15, -0.1) is 0 Å². The molecular weight excluding hydrogens is 381 g/mol. The predicted molar refractivity (Wildman–Crippen MR) is 91.4 cm³/mol.